The summed E-state index contributed by atoms with van der Waals surface area (Å²) in [6.45, 7) is -0.262. The lowest BCUT2D eigenvalue weighted by Gasteiger charge is -2.13. The first-order chi connectivity index (χ1) is 15.5. The molecule has 7 heteroatoms. The van der Waals surface area contributed by atoms with Gasteiger partial charge in [-0.05, 0) is 22.8 Å². The molecule has 0 aliphatic rings. The van der Waals surface area contributed by atoms with Crippen molar-refractivity contribution < 1.29 is 19.1 Å². The number of aliphatic hydroxyl groups excluding tert-OH is 1. The molecule has 1 atom stereocenters. The summed E-state index contributed by atoms with van der Waals surface area (Å²) in [7, 11) is 0. The lowest BCUT2D eigenvalue weighted by Crippen LogP contribution is -2.32. The molecule has 0 saturated carbocycles. The van der Waals surface area contributed by atoms with Crippen molar-refractivity contribution in [2.24, 2.45) is 0 Å². The van der Waals surface area contributed by atoms with Crippen molar-refractivity contribution in [3.63, 3.8) is 0 Å². The molecule has 4 aromatic rings. The summed E-state index contributed by atoms with van der Waals surface area (Å²) >= 11 is 6.38. The molecule has 162 valence electrons. The van der Waals surface area contributed by atoms with E-state index in [2.05, 4.69) is 5.32 Å². The number of fused-ring (bicyclic) bond motifs is 1. The Hall–Kier alpha value is -3.61. The van der Waals surface area contributed by atoms with E-state index in [1.165, 1.54) is 12.1 Å². The Balaban J connectivity index is 1.47. The molecule has 4 rings (SSSR count). The van der Waals surface area contributed by atoms with Crippen LogP contribution < -0.4 is 15.7 Å². The van der Waals surface area contributed by atoms with Crippen LogP contribution in [0.4, 0.5) is 0 Å². The highest BCUT2D eigenvalue weighted by atomic mass is 35.5. The molecule has 3 aromatic carbocycles. The average molecular weight is 450 g/mol. The summed E-state index contributed by atoms with van der Waals surface area (Å²) in [6.07, 6.45) is -0.824. The van der Waals surface area contributed by atoms with Gasteiger partial charge in [0.2, 0.25) is 0 Å². The van der Waals surface area contributed by atoms with Gasteiger partial charge in [0.05, 0.1) is 11.1 Å². The quantitative estimate of drug-likeness (QED) is 0.410. The Labute approximate surface area is 189 Å². The van der Waals surface area contributed by atoms with Crippen molar-refractivity contribution >= 4 is 28.5 Å². The lowest BCUT2D eigenvalue weighted by molar-refractivity contribution is -0.123. The van der Waals surface area contributed by atoms with Crippen LogP contribution in [-0.4, -0.2) is 24.2 Å². The highest BCUT2D eigenvalue weighted by molar-refractivity contribution is 6.33. The number of aliphatic hydroxyl groups is 1. The summed E-state index contributed by atoms with van der Waals surface area (Å²) in [4.78, 5) is 24.2. The fourth-order valence-corrected chi connectivity index (χ4v) is 3.55. The van der Waals surface area contributed by atoms with Gasteiger partial charge in [0, 0.05) is 24.1 Å². The number of amides is 1. The predicted molar refractivity (Wildman–Crippen MR) is 123 cm³/mol. The van der Waals surface area contributed by atoms with Gasteiger partial charge in [0.15, 0.2) is 6.61 Å². The molecule has 0 radical (unpaired) electrons. The number of hydrogen-bond donors (Lipinski definition) is 2. The number of benzene rings is 3. The van der Waals surface area contributed by atoms with Crippen molar-refractivity contribution in [2.75, 3.05) is 13.2 Å². The number of carbonyl (C=O) groups is 1. The fraction of sp³-hybridized carbons (Fsp3) is 0.120. The zero-order valence-corrected chi connectivity index (χ0v) is 17.7. The molecule has 1 amide bonds. The van der Waals surface area contributed by atoms with E-state index < -0.39 is 17.6 Å². The van der Waals surface area contributed by atoms with Crippen LogP contribution in [0.3, 0.4) is 0 Å². The van der Waals surface area contributed by atoms with Crippen molar-refractivity contribution in [1.29, 1.82) is 0 Å². The highest BCUT2D eigenvalue weighted by Gasteiger charge is 2.14. The molecular weight excluding hydrogens is 430 g/mol. The van der Waals surface area contributed by atoms with E-state index in [1.54, 1.807) is 18.2 Å². The molecule has 32 heavy (non-hydrogen) atoms. The molecule has 0 saturated heterocycles. The second-order valence-corrected chi connectivity index (χ2v) is 7.55. The van der Waals surface area contributed by atoms with E-state index in [4.69, 9.17) is 20.8 Å². The van der Waals surface area contributed by atoms with Gasteiger partial charge >= 0.3 is 5.63 Å². The summed E-state index contributed by atoms with van der Waals surface area (Å²) in [5.41, 5.74) is 2.05. The molecular formula is C25H20ClNO5. The molecule has 2 N–H and O–H groups in total. The number of rotatable bonds is 7. The largest absolute Gasteiger partial charge is 0.482 e. The van der Waals surface area contributed by atoms with Gasteiger partial charge < -0.3 is 19.6 Å². The van der Waals surface area contributed by atoms with Gasteiger partial charge in [-0.3, -0.25) is 4.79 Å². The van der Waals surface area contributed by atoms with Crippen LogP contribution in [-0.2, 0) is 4.79 Å². The van der Waals surface area contributed by atoms with Crippen LogP contribution in [0.1, 0.15) is 11.7 Å². The molecule has 1 aromatic heterocycles. The summed E-state index contributed by atoms with van der Waals surface area (Å²) in [6, 6.07) is 23.0. The SMILES string of the molecule is O=C(COc1cc2oc(=O)cc(-c3ccccc3)c2cc1Cl)NCC(O)c1ccccc1. The Morgan fingerprint density at radius 1 is 1.03 bits per heavy atom. The number of nitrogens with one attached hydrogen (secondary N) is 1. The van der Waals surface area contributed by atoms with E-state index in [1.807, 2.05) is 48.5 Å². The second kappa shape index (κ2) is 9.68. The van der Waals surface area contributed by atoms with E-state index in [9.17, 15) is 14.7 Å². The van der Waals surface area contributed by atoms with Crippen LogP contribution in [0.25, 0.3) is 22.1 Å². The minimum Gasteiger partial charge on any atom is -0.482 e. The topological polar surface area (TPSA) is 88.8 Å². The number of carbonyl (C=O) groups excluding carboxylic acids is 1. The van der Waals surface area contributed by atoms with Crippen LogP contribution in [0.5, 0.6) is 5.75 Å². The zero-order chi connectivity index (χ0) is 22.5. The average Bonchev–Trinajstić information content (AvgIpc) is 2.82. The molecule has 6 nitrogen and oxygen atoms in total. The maximum absolute atomic E-state index is 12.2. The first kappa shape index (κ1) is 21.6. The number of ether oxygens (including phenoxy) is 1. The molecule has 0 aliphatic carbocycles. The summed E-state index contributed by atoms with van der Waals surface area (Å²) in [5.74, 6) is -0.207. The molecule has 0 bridgehead atoms. The van der Waals surface area contributed by atoms with Crippen LogP contribution in [0, 0.1) is 0 Å². The highest BCUT2D eigenvalue weighted by Crippen LogP contribution is 2.34. The van der Waals surface area contributed by atoms with Gasteiger partial charge in [-0.25, -0.2) is 4.79 Å². The van der Waals surface area contributed by atoms with E-state index in [-0.39, 0.29) is 23.9 Å². The minimum atomic E-state index is -0.824. The minimum absolute atomic E-state index is 0.0486. The Bertz CT molecular complexity index is 1290. The van der Waals surface area contributed by atoms with Gasteiger partial charge in [-0.15, -0.1) is 0 Å². The van der Waals surface area contributed by atoms with E-state index >= 15 is 0 Å². The molecule has 0 aliphatic heterocycles. The van der Waals surface area contributed by atoms with Gasteiger partial charge in [-0.2, -0.15) is 0 Å². The predicted octanol–water partition coefficient (Wildman–Crippen LogP) is 4.34. The smallest absolute Gasteiger partial charge is 0.336 e. The van der Waals surface area contributed by atoms with Crippen molar-refractivity contribution in [1.82, 2.24) is 5.32 Å². The van der Waals surface area contributed by atoms with Crippen LogP contribution >= 0.6 is 11.6 Å². The zero-order valence-electron chi connectivity index (χ0n) is 17.0. The van der Waals surface area contributed by atoms with Gasteiger partial charge in [0.1, 0.15) is 11.3 Å². The third kappa shape index (κ3) is 4.99. The first-order valence-electron chi connectivity index (χ1n) is 9.96. The van der Waals surface area contributed by atoms with Crippen molar-refractivity contribution in [3.05, 3.63) is 99.9 Å². The Morgan fingerprint density at radius 3 is 2.44 bits per heavy atom. The van der Waals surface area contributed by atoms with Crippen LogP contribution in [0.2, 0.25) is 5.02 Å². The standard InChI is InChI=1S/C25H20ClNO5/c26-20-11-19-18(16-7-3-1-4-8-16)12-25(30)32-22(19)13-23(20)31-15-24(29)27-14-21(28)17-9-5-2-6-10-17/h1-13,21,28H,14-15H2,(H,27,29). The molecule has 0 spiro atoms. The monoisotopic (exact) mass is 449 g/mol. The van der Waals surface area contributed by atoms with Crippen LogP contribution in [0.15, 0.2) is 88.1 Å². The first-order valence-corrected chi connectivity index (χ1v) is 10.3. The summed E-state index contributed by atoms with van der Waals surface area (Å²) in [5, 5.41) is 13.7. The maximum atomic E-state index is 12.2. The molecule has 1 unspecified atom stereocenters. The van der Waals surface area contributed by atoms with Gasteiger partial charge in [0.25, 0.3) is 5.91 Å². The van der Waals surface area contributed by atoms with Gasteiger partial charge in [-0.1, -0.05) is 72.3 Å². The summed E-state index contributed by atoms with van der Waals surface area (Å²) < 4.78 is 10.9. The Kier molecular flexibility index (Phi) is 6.54. The van der Waals surface area contributed by atoms with Crippen molar-refractivity contribution in [3.8, 4) is 16.9 Å². The Morgan fingerprint density at radius 2 is 1.72 bits per heavy atom. The third-order valence-corrected chi connectivity index (χ3v) is 5.21. The normalized spacial score (nSPS) is 11.8. The number of hydrogen-bond acceptors (Lipinski definition) is 5. The van der Waals surface area contributed by atoms with E-state index in [0.29, 0.717) is 22.1 Å². The second-order valence-electron chi connectivity index (χ2n) is 7.14. The fourth-order valence-electron chi connectivity index (χ4n) is 3.33. The molecule has 0 fully saturated rings. The third-order valence-electron chi connectivity index (χ3n) is 4.92. The van der Waals surface area contributed by atoms with Crippen molar-refractivity contribution in [2.45, 2.75) is 6.10 Å². The number of halogens is 1. The molecule has 1 heterocycles. The maximum Gasteiger partial charge on any atom is 0.336 e. The lowest BCUT2D eigenvalue weighted by atomic mass is 10.0. The van der Waals surface area contributed by atoms with E-state index in [0.717, 1.165) is 5.56 Å².